The van der Waals surface area contributed by atoms with E-state index in [0.717, 1.165) is 4.90 Å². The number of ether oxygens (including phenoxy) is 3. The van der Waals surface area contributed by atoms with Gasteiger partial charge in [0, 0.05) is 12.2 Å². The van der Waals surface area contributed by atoms with Crippen LogP contribution >= 0.6 is 0 Å². The van der Waals surface area contributed by atoms with Gasteiger partial charge in [0.1, 0.15) is 13.2 Å². The lowest BCUT2D eigenvalue weighted by atomic mass is 10.1. The average molecular weight is 331 g/mol. The van der Waals surface area contributed by atoms with Crippen molar-refractivity contribution in [3.05, 3.63) is 35.9 Å². The van der Waals surface area contributed by atoms with Gasteiger partial charge < -0.3 is 19.3 Å². The molecule has 0 saturated heterocycles. The molecule has 0 saturated carbocycles. The monoisotopic (exact) mass is 331 g/mol. The van der Waals surface area contributed by atoms with Gasteiger partial charge in [0.25, 0.3) is 11.8 Å². The molecular formula is C17H17NO6. The predicted octanol–water partition coefficient (Wildman–Crippen LogP) is 0.766. The first kappa shape index (κ1) is 16.1. The van der Waals surface area contributed by atoms with Crippen LogP contribution in [0.3, 0.4) is 0 Å². The molecule has 0 spiro atoms. The summed E-state index contributed by atoms with van der Waals surface area (Å²) in [6.45, 7) is 0.835. The number of nitrogens with zero attached hydrogens (tertiary/aromatic N) is 1. The van der Waals surface area contributed by atoms with E-state index < -0.39 is 17.9 Å². The molecular weight excluding hydrogens is 314 g/mol. The van der Waals surface area contributed by atoms with Gasteiger partial charge in [-0.15, -0.1) is 0 Å². The molecule has 1 atom stereocenters. The molecule has 0 radical (unpaired) electrons. The van der Waals surface area contributed by atoms with Crippen molar-refractivity contribution < 1.29 is 28.9 Å². The summed E-state index contributed by atoms with van der Waals surface area (Å²) >= 11 is 0. The second-order valence-corrected chi connectivity index (χ2v) is 5.29. The number of benzene rings is 1. The summed E-state index contributed by atoms with van der Waals surface area (Å²) < 4.78 is 16.3. The number of hydrogen-bond donors (Lipinski definition) is 1. The van der Waals surface area contributed by atoms with Crippen LogP contribution in [0, 0.1) is 0 Å². The van der Waals surface area contributed by atoms with Crippen LogP contribution in [-0.4, -0.2) is 54.8 Å². The number of fused-ring (bicyclic) bond motifs is 1. The highest BCUT2D eigenvalue weighted by molar-refractivity contribution is 6.07. The molecule has 2 amide bonds. The van der Waals surface area contributed by atoms with Gasteiger partial charge >= 0.3 is 0 Å². The van der Waals surface area contributed by atoms with Crippen LogP contribution in [0.4, 0.5) is 0 Å². The van der Waals surface area contributed by atoms with Crippen molar-refractivity contribution in [3.63, 3.8) is 0 Å². The number of aliphatic hydroxyl groups excluding tert-OH is 1. The first-order valence-electron chi connectivity index (χ1n) is 7.46. The Kier molecular flexibility index (Phi) is 4.52. The van der Waals surface area contributed by atoms with Crippen LogP contribution in [-0.2, 0) is 9.59 Å². The lowest BCUT2D eigenvalue weighted by Crippen LogP contribution is -2.42. The number of β-amino-alcohol motifs (C(OH)–C–C–N with tert-alkyl or cyclic N) is 1. The summed E-state index contributed by atoms with van der Waals surface area (Å²) in [5, 5.41) is 9.53. The summed E-state index contributed by atoms with van der Waals surface area (Å²) in [6.07, 6.45) is 4.54. The van der Waals surface area contributed by atoms with Crippen molar-refractivity contribution in [1.82, 2.24) is 4.90 Å². The van der Waals surface area contributed by atoms with Gasteiger partial charge in [-0.05, 0) is 29.8 Å². The number of carbonyl (C=O) groups excluding carboxylic acids is 2. The molecule has 3 rings (SSSR count). The highest BCUT2D eigenvalue weighted by Crippen LogP contribution is 2.40. The highest BCUT2D eigenvalue weighted by Gasteiger charge is 2.24. The van der Waals surface area contributed by atoms with Crippen molar-refractivity contribution in [2.24, 2.45) is 0 Å². The maximum atomic E-state index is 12.2. The maximum absolute atomic E-state index is 12.2. The zero-order chi connectivity index (χ0) is 17.1. The van der Waals surface area contributed by atoms with E-state index in [0.29, 0.717) is 36.0 Å². The smallest absolute Gasteiger partial charge is 0.253 e. The van der Waals surface area contributed by atoms with Gasteiger partial charge in [0.2, 0.25) is 5.75 Å². The molecule has 7 nitrogen and oxygen atoms in total. The van der Waals surface area contributed by atoms with Crippen LogP contribution in [0.15, 0.2) is 30.4 Å². The standard InChI is InChI=1S/C17H17NO6/c1-22-13-8-11(9-14-17(13)24-7-6-23-14)2-4-15(20)18-10-12(19)3-5-16(18)21/h2-5,8-9,12,19H,6-7,10H2,1H3/b4-2+. The number of hydrogen-bond acceptors (Lipinski definition) is 6. The lowest BCUT2D eigenvalue weighted by molar-refractivity contribution is -0.140. The Balaban J connectivity index is 1.80. The van der Waals surface area contributed by atoms with Crippen LogP contribution in [0.5, 0.6) is 17.2 Å². The number of aliphatic hydroxyl groups is 1. The molecule has 1 aromatic carbocycles. The second-order valence-electron chi connectivity index (χ2n) is 5.29. The van der Waals surface area contributed by atoms with Gasteiger partial charge in [-0.3, -0.25) is 14.5 Å². The minimum Gasteiger partial charge on any atom is -0.493 e. The highest BCUT2D eigenvalue weighted by atomic mass is 16.6. The van der Waals surface area contributed by atoms with Crippen molar-refractivity contribution in [2.45, 2.75) is 6.10 Å². The number of imide groups is 1. The third kappa shape index (κ3) is 3.26. The molecule has 1 aromatic rings. The SMILES string of the molecule is COc1cc(/C=C/C(=O)N2CC(O)C=CC2=O)cc2c1OCCO2. The zero-order valence-electron chi connectivity index (χ0n) is 13.1. The molecule has 2 heterocycles. The largest absolute Gasteiger partial charge is 0.493 e. The Bertz CT molecular complexity index is 707. The van der Waals surface area contributed by atoms with E-state index in [2.05, 4.69) is 0 Å². The van der Waals surface area contributed by atoms with Gasteiger partial charge in [0.15, 0.2) is 11.5 Å². The van der Waals surface area contributed by atoms with E-state index in [1.165, 1.54) is 25.3 Å². The normalized spacial score (nSPS) is 19.7. The molecule has 1 N–H and O–H groups in total. The van der Waals surface area contributed by atoms with E-state index in [1.54, 1.807) is 18.2 Å². The van der Waals surface area contributed by atoms with Gasteiger partial charge in [-0.1, -0.05) is 0 Å². The topological polar surface area (TPSA) is 85.3 Å². The fourth-order valence-electron chi connectivity index (χ4n) is 2.47. The summed E-state index contributed by atoms with van der Waals surface area (Å²) in [6, 6.07) is 3.44. The quantitative estimate of drug-likeness (QED) is 0.824. The molecule has 2 aliphatic heterocycles. The van der Waals surface area contributed by atoms with E-state index in [-0.39, 0.29) is 6.54 Å². The molecule has 2 aliphatic rings. The second kappa shape index (κ2) is 6.76. The Morgan fingerprint density at radius 1 is 1.38 bits per heavy atom. The summed E-state index contributed by atoms with van der Waals surface area (Å²) in [5.74, 6) is 0.630. The average Bonchev–Trinajstić information content (AvgIpc) is 2.60. The first-order chi connectivity index (χ1) is 11.6. The van der Waals surface area contributed by atoms with E-state index in [4.69, 9.17) is 14.2 Å². The first-order valence-corrected chi connectivity index (χ1v) is 7.46. The third-order valence-corrected chi connectivity index (χ3v) is 3.63. The Labute approximate surface area is 138 Å². The summed E-state index contributed by atoms with van der Waals surface area (Å²) in [7, 11) is 1.52. The maximum Gasteiger partial charge on any atom is 0.253 e. The number of rotatable bonds is 3. The molecule has 0 aliphatic carbocycles. The molecule has 7 heteroatoms. The van der Waals surface area contributed by atoms with Crippen molar-refractivity contribution in [2.75, 3.05) is 26.9 Å². The van der Waals surface area contributed by atoms with Crippen LogP contribution in [0.25, 0.3) is 6.08 Å². The predicted molar refractivity (Wildman–Crippen MR) is 84.9 cm³/mol. The fourth-order valence-corrected chi connectivity index (χ4v) is 2.47. The van der Waals surface area contributed by atoms with Gasteiger partial charge in [0.05, 0.1) is 19.8 Å². The van der Waals surface area contributed by atoms with Crippen LogP contribution in [0.2, 0.25) is 0 Å². The minimum atomic E-state index is -0.838. The van der Waals surface area contributed by atoms with E-state index in [1.807, 2.05) is 0 Å². The molecule has 126 valence electrons. The van der Waals surface area contributed by atoms with Gasteiger partial charge in [-0.25, -0.2) is 0 Å². The van der Waals surface area contributed by atoms with Crippen LogP contribution < -0.4 is 14.2 Å². The van der Waals surface area contributed by atoms with Crippen molar-refractivity contribution in [3.8, 4) is 17.2 Å². The Hall–Kier alpha value is -2.80. The molecule has 24 heavy (non-hydrogen) atoms. The summed E-state index contributed by atoms with van der Waals surface area (Å²) in [4.78, 5) is 24.8. The van der Waals surface area contributed by atoms with Crippen LogP contribution in [0.1, 0.15) is 5.56 Å². The van der Waals surface area contributed by atoms with Crippen molar-refractivity contribution >= 4 is 17.9 Å². The van der Waals surface area contributed by atoms with Crippen molar-refractivity contribution in [1.29, 1.82) is 0 Å². The zero-order valence-corrected chi connectivity index (χ0v) is 13.1. The Morgan fingerprint density at radius 3 is 2.96 bits per heavy atom. The molecule has 0 aromatic heterocycles. The molecule has 1 unspecified atom stereocenters. The summed E-state index contributed by atoms with van der Waals surface area (Å²) in [5.41, 5.74) is 0.671. The lowest BCUT2D eigenvalue weighted by Gasteiger charge is -2.23. The van der Waals surface area contributed by atoms with E-state index in [9.17, 15) is 14.7 Å². The number of amides is 2. The molecule has 0 bridgehead atoms. The molecule has 0 fully saturated rings. The fraction of sp³-hybridized carbons (Fsp3) is 0.294. The van der Waals surface area contributed by atoms with E-state index >= 15 is 0 Å². The Morgan fingerprint density at radius 2 is 2.17 bits per heavy atom. The minimum absolute atomic E-state index is 0.0526. The third-order valence-electron chi connectivity index (χ3n) is 3.63. The number of methoxy groups -OCH3 is 1. The van der Waals surface area contributed by atoms with Gasteiger partial charge in [-0.2, -0.15) is 0 Å². The number of carbonyl (C=O) groups is 2.